The standard InChI is InChI=1S/C22H29F3N2OS/c1-5-28-15-21(13-22(24,25)18-8-9-19(23)29-18)10-11-27(14-21)20(3,4)17-7-6-16(2)26-12-17/h6-9,12H,5,10-11,13-15H2,1-4H3. The van der Waals surface area contributed by atoms with E-state index in [1.165, 1.54) is 6.07 Å². The van der Waals surface area contributed by atoms with Crippen molar-refractivity contribution in [3.05, 3.63) is 51.7 Å². The monoisotopic (exact) mass is 426 g/mol. The third-order valence-electron chi connectivity index (χ3n) is 5.99. The normalized spacial score (nSPS) is 21.1. The van der Waals surface area contributed by atoms with Crippen LogP contribution in [0.1, 0.15) is 49.7 Å². The topological polar surface area (TPSA) is 25.4 Å². The summed E-state index contributed by atoms with van der Waals surface area (Å²) in [6.07, 6.45) is 2.12. The summed E-state index contributed by atoms with van der Waals surface area (Å²) in [6, 6.07) is 6.33. The van der Waals surface area contributed by atoms with Crippen molar-refractivity contribution in [1.29, 1.82) is 0 Å². The zero-order valence-electron chi connectivity index (χ0n) is 17.5. The molecular formula is C22H29F3N2OS. The van der Waals surface area contributed by atoms with E-state index in [0.717, 1.165) is 17.3 Å². The fourth-order valence-electron chi connectivity index (χ4n) is 4.13. The van der Waals surface area contributed by atoms with Crippen molar-refractivity contribution in [3.63, 3.8) is 0 Å². The van der Waals surface area contributed by atoms with Gasteiger partial charge in [-0.05, 0) is 64.4 Å². The molecule has 160 valence electrons. The molecule has 3 nitrogen and oxygen atoms in total. The Morgan fingerprint density at radius 2 is 2.00 bits per heavy atom. The lowest BCUT2D eigenvalue weighted by atomic mass is 9.81. The molecule has 1 aliphatic heterocycles. The predicted molar refractivity (Wildman–Crippen MR) is 110 cm³/mol. The van der Waals surface area contributed by atoms with Crippen molar-refractivity contribution < 1.29 is 17.9 Å². The van der Waals surface area contributed by atoms with Gasteiger partial charge in [0.05, 0.1) is 11.5 Å². The minimum Gasteiger partial charge on any atom is -0.381 e. The first-order valence-corrected chi connectivity index (χ1v) is 10.8. The van der Waals surface area contributed by atoms with Crippen molar-refractivity contribution in [2.75, 3.05) is 26.3 Å². The van der Waals surface area contributed by atoms with E-state index in [4.69, 9.17) is 4.74 Å². The minimum absolute atomic E-state index is 0.216. The molecule has 1 unspecified atom stereocenters. The van der Waals surface area contributed by atoms with E-state index in [0.29, 0.717) is 37.5 Å². The molecule has 1 atom stereocenters. The van der Waals surface area contributed by atoms with Crippen molar-refractivity contribution in [1.82, 2.24) is 9.88 Å². The molecule has 0 amide bonds. The smallest absolute Gasteiger partial charge is 0.282 e. The van der Waals surface area contributed by atoms with Gasteiger partial charge in [-0.15, -0.1) is 11.3 Å². The number of halogens is 3. The highest BCUT2D eigenvalue weighted by atomic mass is 32.1. The van der Waals surface area contributed by atoms with E-state index < -0.39 is 16.5 Å². The van der Waals surface area contributed by atoms with E-state index in [9.17, 15) is 4.39 Å². The van der Waals surface area contributed by atoms with Crippen LogP contribution < -0.4 is 0 Å². The van der Waals surface area contributed by atoms with Gasteiger partial charge in [-0.1, -0.05) is 6.07 Å². The second kappa shape index (κ2) is 8.36. The Hall–Kier alpha value is -1.44. The average molecular weight is 427 g/mol. The van der Waals surface area contributed by atoms with Gasteiger partial charge in [0, 0.05) is 42.4 Å². The van der Waals surface area contributed by atoms with Gasteiger partial charge in [0.2, 0.25) is 0 Å². The molecule has 2 aromatic heterocycles. The largest absolute Gasteiger partial charge is 0.381 e. The van der Waals surface area contributed by atoms with E-state index in [2.05, 4.69) is 23.7 Å². The van der Waals surface area contributed by atoms with Crippen molar-refractivity contribution in [2.24, 2.45) is 5.41 Å². The van der Waals surface area contributed by atoms with Gasteiger partial charge in [0.1, 0.15) is 0 Å². The molecule has 0 aliphatic carbocycles. The maximum atomic E-state index is 15.0. The average Bonchev–Trinajstić information content (AvgIpc) is 3.28. The number of hydrogen-bond acceptors (Lipinski definition) is 4. The van der Waals surface area contributed by atoms with Crippen molar-refractivity contribution in [3.8, 4) is 0 Å². The van der Waals surface area contributed by atoms with Crippen LogP contribution in [0.25, 0.3) is 0 Å². The quantitative estimate of drug-likeness (QED) is 0.538. The number of ether oxygens (including phenoxy) is 1. The van der Waals surface area contributed by atoms with Crippen LogP contribution in [0.3, 0.4) is 0 Å². The molecule has 0 radical (unpaired) electrons. The first-order chi connectivity index (χ1) is 13.6. The summed E-state index contributed by atoms with van der Waals surface area (Å²) in [6.45, 7) is 9.95. The molecule has 0 N–H and O–H groups in total. The number of hydrogen-bond donors (Lipinski definition) is 0. The third kappa shape index (κ3) is 4.84. The second-order valence-electron chi connectivity index (χ2n) is 8.54. The molecule has 7 heteroatoms. The summed E-state index contributed by atoms with van der Waals surface area (Å²) in [5.74, 6) is -3.09. The van der Waals surface area contributed by atoms with Crippen LogP contribution in [0, 0.1) is 17.5 Å². The lowest BCUT2D eigenvalue weighted by Gasteiger charge is -2.39. The van der Waals surface area contributed by atoms with E-state index in [1.54, 1.807) is 0 Å². The summed E-state index contributed by atoms with van der Waals surface area (Å²) in [4.78, 5) is 6.42. The predicted octanol–water partition coefficient (Wildman–Crippen LogP) is 5.74. The molecule has 0 bridgehead atoms. The van der Waals surface area contributed by atoms with Gasteiger partial charge in [0.15, 0.2) is 5.13 Å². The molecule has 3 heterocycles. The first kappa shape index (κ1) is 22.2. The molecule has 1 saturated heterocycles. The van der Waals surface area contributed by atoms with Crippen LogP contribution in [0.4, 0.5) is 13.2 Å². The Kier molecular flexibility index (Phi) is 6.41. The SMILES string of the molecule is CCOCC1(CC(F)(F)c2ccc(F)s2)CCN(C(C)(C)c2ccc(C)nc2)C1. The van der Waals surface area contributed by atoms with Gasteiger partial charge >= 0.3 is 0 Å². The highest BCUT2D eigenvalue weighted by Gasteiger charge is 2.50. The number of rotatable bonds is 8. The zero-order valence-corrected chi connectivity index (χ0v) is 18.3. The van der Waals surface area contributed by atoms with Crippen molar-refractivity contribution >= 4 is 11.3 Å². The van der Waals surface area contributed by atoms with Gasteiger partial charge in [0.25, 0.3) is 5.92 Å². The fourth-order valence-corrected chi connectivity index (χ4v) is 4.83. The Morgan fingerprint density at radius 1 is 1.24 bits per heavy atom. The molecule has 2 aromatic rings. The molecule has 1 fully saturated rings. The number of pyridine rings is 1. The second-order valence-corrected chi connectivity index (χ2v) is 9.57. The van der Waals surface area contributed by atoms with Crippen LogP contribution in [0.2, 0.25) is 0 Å². The summed E-state index contributed by atoms with van der Waals surface area (Å²) in [5, 5.41) is -0.584. The molecule has 0 saturated carbocycles. The number of nitrogens with zero attached hydrogens (tertiary/aromatic N) is 2. The number of aromatic nitrogens is 1. The number of aryl methyl sites for hydroxylation is 1. The maximum Gasteiger partial charge on any atom is 0.282 e. The van der Waals surface area contributed by atoms with Gasteiger partial charge in [-0.3, -0.25) is 9.88 Å². The third-order valence-corrected chi connectivity index (χ3v) is 6.98. The van der Waals surface area contributed by atoms with Crippen LogP contribution in [0.15, 0.2) is 30.5 Å². The van der Waals surface area contributed by atoms with Gasteiger partial charge in [-0.25, -0.2) is 8.78 Å². The Morgan fingerprint density at radius 3 is 2.59 bits per heavy atom. The first-order valence-electron chi connectivity index (χ1n) is 9.98. The van der Waals surface area contributed by atoms with Crippen LogP contribution in [-0.2, 0) is 16.2 Å². The zero-order chi connectivity index (χ0) is 21.3. The highest BCUT2D eigenvalue weighted by molar-refractivity contribution is 7.10. The molecule has 29 heavy (non-hydrogen) atoms. The van der Waals surface area contributed by atoms with E-state index >= 15 is 8.78 Å². The number of thiophene rings is 1. The van der Waals surface area contributed by atoms with Gasteiger partial charge in [-0.2, -0.15) is 4.39 Å². The summed E-state index contributed by atoms with van der Waals surface area (Å²) in [7, 11) is 0. The van der Waals surface area contributed by atoms with E-state index in [-0.39, 0.29) is 23.4 Å². The van der Waals surface area contributed by atoms with Gasteiger partial charge < -0.3 is 4.74 Å². The lowest BCUT2D eigenvalue weighted by molar-refractivity contribution is -0.0724. The Bertz CT molecular complexity index is 822. The number of likely N-dealkylation sites (tertiary alicyclic amines) is 1. The Balaban J connectivity index is 1.83. The molecular weight excluding hydrogens is 397 g/mol. The molecule has 1 aliphatic rings. The van der Waals surface area contributed by atoms with Crippen LogP contribution in [0.5, 0.6) is 0 Å². The Labute approximate surface area is 174 Å². The fraction of sp³-hybridized carbons (Fsp3) is 0.591. The maximum absolute atomic E-state index is 15.0. The summed E-state index contributed by atoms with van der Waals surface area (Å²) < 4.78 is 49.1. The number of alkyl halides is 2. The summed E-state index contributed by atoms with van der Waals surface area (Å²) >= 11 is 0.526. The lowest BCUT2D eigenvalue weighted by Crippen LogP contribution is -2.43. The van der Waals surface area contributed by atoms with Crippen LogP contribution >= 0.6 is 11.3 Å². The molecule has 3 rings (SSSR count). The summed E-state index contributed by atoms with van der Waals surface area (Å²) in [5.41, 5.74) is 0.982. The minimum atomic E-state index is -3.09. The molecule has 0 spiro atoms. The van der Waals surface area contributed by atoms with E-state index in [1.807, 2.05) is 32.2 Å². The van der Waals surface area contributed by atoms with Crippen LogP contribution in [-0.4, -0.2) is 36.2 Å². The van der Waals surface area contributed by atoms with Crippen molar-refractivity contribution in [2.45, 2.75) is 52.0 Å². The molecule has 0 aromatic carbocycles. The highest BCUT2D eigenvalue weighted by Crippen LogP contribution is 2.48.